The number of nitrogens with two attached hydrogens (primary N) is 3. The van der Waals surface area contributed by atoms with E-state index in [-0.39, 0.29) is 25.7 Å². The zero-order valence-electron chi connectivity index (χ0n) is 15.6. The van der Waals surface area contributed by atoms with E-state index in [0.717, 1.165) is 0 Å². The minimum Gasteiger partial charge on any atom is -0.480 e. The number of carbonyl (C=O) groups excluding carboxylic acids is 5. The molecule has 14 heteroatoms. The molecule has 0 aromatic heterocycles. The molecule has 0 aromatic carbocycles. The summed E-state index contributed by atoms with van der Waals surface area (Å²) in [5.41, 5.74) is 15.2. The lowest BCUT2D eigenvalue weighted by Crippen LogP contribution is -2.54. The first-order valence-electron chi connectivity index (χ1n) is 8.51. The highest BCUT2D eigenvalue weighted by Crippen LogP contribution is 2.02. The van der Waals surface area contributed by atoms with Crippen molar-refractivity contribution in [3.8, 4) is 0 Å². The number of amides is 5. The second-order valence-corrected chi connectivity index (χ2v) is 6.04. The molecule has 0 bridgehead atoms. The van der Waals surface area contributed by atoms with Crippen LogP contribution in [0.5, 0.6) is 0 Å². The number of aliphatic hydroxyl groups excluding tert-OH is 1. The standard InChI is InChI=1S/C15H26N6O8/c16-7(6-22)13(26)19-5-12(25)20-8(1-3-10(17)23)14(27)21-9(15(28)29)2-4-11(18)24/h7-9,22H,1-6,16H2,(H2,17,23)(H2,18,24)(H,19,26)(H,20,25)(H,21,27)(H,28,29). The van der Waals surface area contributed by atoms with Crippen molar-refractivity contribution in [3.63, 3.8) is 0 Å². The molecule has 0 radical (unpaired) electrons. The summed E-state index contributed by atoms with van der Waals surface area (Å²) >= 11 is 0. The second-order valence-electron chi connectivity index (χ2n) is 6.04. The number of aliphatic hydroxyl groups is 1. The number of nitrogens with one attached hydrogen (secondary N) is 3. The summed E-state index contributed by atoms with van der Waals surface area (Å²) in [7, 11) is 0. The smallest absolute Gasteiger partial charge is 0.326 e. The van der Waals surface area contributed by atoms with Crippen LogP contribution in [0.15, 0.2) is 0 Å². The summed E-state index contributed by atoms with van der Waals surface area (Å²) in [5, 5.41) is 24.4. The number of rotatable bonds is 14. The lowest BCUT2D eigenvalue weighted by molar-refractivity contribution is -0.142. The molecule has 0 saturated carbocycles. The average Bonchev–Trinajstić information content (AvgIpc) is 2.64. The van der Waals surface area contributed by atoms with Crippen molar-refractivity contribution in [1.29, 1.82) is 0 Å². The first-order chi connectivity index (χ1) is 13.5. The molecular formula is C15H26N6O8. The first-order valence-corrected chi connectivity index (χ1v) is 8.51. The van der Waals surface area contributed by atoms with E-state index in [4.69, 9.17) is 27.4 Å². The molecule has 0 heterocycles. The van der Waals surface area contributed by atoms with Crippen molar-refractivity contribution < 1.29 is 39.0 Å². The van der Waals surface area contributed by atoms with Gasteiger partial charge in [0, 0.05) is 12.8 Å². The number of carboxylic acids is 1. The third kappa shape index (κ3) is 11.2. The SMILES string of the molecule is NC(=O)CCC(NC(=O)C(CCC(N)=O)NC(=O)CNC(=O)C(N)CO)C(=O)O. The number of carbonyl (C=O) groups is 6. The lowest BCUT2D eigenvalue weighted by Gasteiger charge is -2.21. The van der Waals surface area contributed by atoms with Gasteiger partial charge < -0.3 is 43.4 Å². The molecule has 0 spiro atoms. The third-order valence-corrected chi connectivity index (χ3v) is 3.58. The van der Waals surface area contributed by atoms with Crippen molar-refractivity contribution in [1.82, 2.24) is 16.0 Å². The van der Waals surface area contributed by atoms with Crippen molar-refractivity contribution >= 4 is 35.5 Å². The summed E-state index contributed by atoms with van der Waals surface area (Å²) in [5.74, 6) is -5.53. The summed E-state index contributed by atoms with van der Waals surface area (Å²) in [4.78, 5) is 68.8. The van der Waals surface area contributed by atoms with Crippen LogP contribution in [0.3, 0.4) is 0 Å². The van der Waals surface area contributed by atoms with E-state index in [1.165, 1.54) is 0 Å². The van der Waals surface area contributed by atoms with Gasteiger partial charge in [0.1, 0.15) is 18.1 Å². The molecule has 3 unspecified atom stereocenters. The summed E-state index contributed by atoms with van der Waals surface area (Å²) in [6.45, 7) is -1.23. The Morgan fingerprint density at radius 1 is 0.828 bits per heavy atom. The Labute approximate surface area is 165 Å². The van der Waals surface area contributed by atoms with E-state index in [0.29, 0.717) is 0 Å². The Balaban J connectivity index is 4.99. The van der Waals surface area contributed by atoms with Crippen molar-refractivity contribution in [2.45, 2.75) is 43.8 Å². The molecule has 0 aliphatic heterocycles. The predicted molar refractivity (Wildman–Crippen MR) is 96.4 cm³/mol. The van der Waals surface area contributed by atoms with E-state index in [2.05, 4.69) is 16.0 Å². The van der Waals surface area contributed by atoms with Gasteiger partial charge in [-0.15, -0.1) is 0 Å². The zero-order valence-corrected chi connectivity index (χ0v) is 15.6. The molecule has 3 atom stereocenters. The van der Waals surface area contributed by atoms with Crippen LogP contribution in [0.1, 0.15) is 25.7 Å². The Kier molecular flexibility index (Phi) is 11.5. The van der Waals surface area contributed by atoms with Crippen molar-refractivity contribution in [2.24, 2.45) is 17.2 Å². The summed E-state index contributed by atoms with van der Waals surface area (Å²) in [6, 6.07) is -4.03. The van der Waals surface area contributed by atoms with E-state index in [9.17, 15) is 28.8 Å². The summed E-state index contributed by atoms with van der Waals surface area (Å²) in [6.07, 6.45) is -1.10. The van der Waals surface area contributed by atoms with Gasteiger partial charge in [-0.2, -0.15) is 0 Å². The van der Waals surface area contributed by atoms with E-state index in [1.807, 2.05) is 0 Å². The number of carboxylic acid groups (broad SMARTS) is 1. The van der Waals surface area contributed by atoms with Crippen LogP contribution in [-0.2, 0) is 28.8 Å². The third-order valence-electron chi connectivity index (χ3n) is 3.58. The largest absolute Gasteiger partial charge is 0.480 e. The molecule has 0 fully saturated rings. The lowest BCUT2D eigenvalue weighted by atomic mass is 10.1. The topological polar surface area (TPSA) is 257 Å². The van der Waals surface area contributed by atoms with Crippen LogP contribution in [0.4, 0.5) is 0 Å². The van der Waals surface area contributed by atoms with Gasteiger partial charge in [-0.1, -0.05) is 0 Å². The summed E-state index contributed by atoms with van der Waals surface area (Å²) < 4.78 is 0. The van der Waals surface area contributed by atoms with Gasteiger partial charge in [-0.3, -0.25) is 24.0 Å². The average molecular weight is 418 g/mol. The molecule has 29 heavy (non-hydrogen) atoms. The molecule has 0 aliphatic rings. The van der Waals surface area contributed by atoms with E-state index >= 15 is 0 Å². The molecule has 164 valence electrons. The van der Waals surface area contributed by atoms with Crippen molar-refractivity contribution in [3.05, 3.63) is 0 Å². The normalized spacial score (nSPS) is 13.4. The van der Waals surface area contributed by atoms with Crippen LogP contribution >= 0.6 is 0 Å². The minimum atomic E-state index is -1.45. The van der Waals surface area contributed by atoms with Crippen LogP contribution in [0.25, 0.3) is 0 Å². The zero-order chi connectivity index (χ0) is 22.6. The predicted octanol–water partition coefficient (Wildman–Crippen LogP) is -4.99. The molecule has 0 aromatic rings. The van der Waals surface area contributed by atoms with E-state index in [1.54, 1.807) is 0 Å². The Morgan fingerprint density at radius 2 is 1.34 bits per heavy atom. The quantitative estimate of drug-likeness (QED) is 0.134. The van der Waals surface area contributed by atoms with Crippen molar-refractivity contribution in [2.75, 3.05) is 13.2 Å². The van der Waals surface area contributed by atoms with Crippen LogP contribution in [-0.4, -0.2) is 77.0 Å². The maximum Gasteiger partial charge on any atom is 0.326 e. The monoisotopic (exact) mass is 418 g/mol. The van der Waals surface area contributed by atoms with Gasteiger partial charge in [0.2, 0.25) is 29.5 Å². The maximum absolute atomic E-state index is 12.3. The highest BCUT2D eigenvalue weighted by Gasteiger charge is 2.27. The fraction of sp³-hybridized carbons (Fsp3) is 0.600. The Morgan fingerprint density at radius 3 is 1.79 bits per heavy atom. The van der Waals surface area contributed by atoms with Crippen LogP contribution in [0, 0.1) is 0 Å². The van der Waals surface area contributed by atoms with Gasteiger partial charge >= 0.3 is 5.97 Å². The number of hydrogen-bond acceptors (Lipinski definition) is 8. The number of aliphatic carboxylic acids is 1. The fourth-order valence-corrected chi connectivity index (χ4v) is 2.00. The van der Waals surface area contributed by atoms with Gasteiger partial charge in [0.05, 0.1) is 13.2 Å². The molecule has 0 rings (SSSR count). The minimum absolute atomic E-state index is 0.237. The van der Waals surface area contributed by atoms with Gasteiger partial charge in [-0.25, -0.2) is 4.79 Å². The van der Waals surface area contributed by atoms with Gasteiger partial charge in [0.15, 0.2) is 0 Å². The van der Waals surface area contributed by atoms with Crippen LogP contribution < -0.4 is 33.2 Å². The second kappa shape index (κ2) is 13.0. The van der Waals surface area contributed by atoms with E-state index < -0.39 is 66.8 Å². The Bertz CT molecular complexity index is 640. The molecule has 14 nitrogen and oxygen atoms in total. The number of primary amides is 2. The fourth-order valence-electron chi connectivity index (χ4n) is 2.00. The molecule has 0 saturated heterocycles. The molecule has 11 N–H and O–H groups in total. The first kappa shape index (κ1) is 25.7. The maximum atomic E-state index is 12.3. The highest BCUT2D eigenvalue weighted by atomic mass is 16.4. The highest BCUT2D eigenvalue weighted by molar-refractivity contribution is 5.93. The molecule has 0 aliphatic carbocycles. The van der Waals surface area contributed by atoms with Gasteiger partial charge in [0.25, 0.3) is 0 Å². The Hall–Kier alpha value is -3.26. The van der Waals surface area contributed by atoms with Gasteiger partial charge in [-0.05, 0) is 12.8 Å². The van der Waals surface area contributed by atoms with Crippen LogP contribution in [0.2, 0.25) is 0 Å². The molecular weight excluding hydrogens is 392 g/mol. The molecule has 5 amide bonds. The number of hydrogen-bond donors (Lipinski definition) is 8.